The first-order chi connectivity index (χ1) is 22.7. The molecule has 11 nitrogen and oxygen atoms in total. The van der Waals surface area contributed by atoms with Gasteiger partial charge in [0.15, 0.2) is 6.61 Å². The van der Waals surface area contributed by atoms with Gasteiger partial charge in [-0.3, -0.25) is 9.69 Å². The maximum atomic E-state index is 14.2. The standard InChI is InChI=1S/C33H30ClNO10S3/c1-16-8-13-20-19(14-16)22-27(32(2,3)35(20)21(36)15-45-18-11-9-17(34)10-12-18)46-24(29(38)42-5)23(28(37)41-4)33(22)47-25(30(39)43-6)26(48-33)31(40)44-7/h8-14H,15H2,1-7H3. The number of halogens is 1. The molecule has 3 heterocycles. The zero-order valence-electron chi connectivity index (χ0n) is 26.9. The van der Waals surface area contributed by atoms with Crippen LogP contribution in [-0.2, 0) is 42.9 Å². The number of carbonyl (C=O) groups is 5. The first kappa shape index (κ1) is 35.5. The third-order valence-electron chi connectivity index (χ3n) is 7.72. The summed E-state index contributed by atoms with van der Waals surface area (Å²) in [6, 6.07) is 12.1. The number of ether oxygens (including phenoxy) is 5. The van der Waals surface area contributed by atoms with Crippen molar-refractivity contribution in [1.29, 1.82) is 0 Å². The number of methoxy groups -OCH3 is 4. The summed E-state index contributed by atoms with van der Waals surface area (Å²) in [5.74, 6) is -3.39. The number of benzene rings is 2. The van der Waals surface area contributed by atoms with E-state index in [9.17, 15) is 24.0 Å². The summed E-state index contributed by atoms with van der Waals surface area (Å²) >= 11 is 8.71. The van der Waals surface area contributed by atoms with Gasteiger partial charge in [0, 0.05) is 21.1 Å². The average Bonchev–Trinajstić information content (AvgIpc) is 3.46. The van der Waals surface area contributed by atoms with Crippen molar-refractivity contribution >= 4 is 87.9 Å². The lowest BCUT2D eigenvalue weighted by Gasteiger charge is -2.50. The van der Waals surface area contributed by atoms with Gasteiger partial charge in [0.05, 0.1) is 45.2 Å². The number of fused-ring (bicyclic) bond motifs is 3. The Labute approximate surface area is 294 Å². The lowest BCUT2D eigenvalue weighted by Crippen LogP contribution is -2.55. The summed E-state index contributed by atoms with van der Waals surface area (Å²) in [5.41, 5.74) is 0.976. The molecule has 0 unspecified atom stereocenters. The van der Waals surface area contributed by atoms with Crippen LogP contribution in [0.15, 0.2) is 67.7 Å². The molecule has 0 N–H and O–H groups in total. The summed E-state index contributed by atoms with van der Waals surface area (Å²) < 4.78 is 24.6. The monoisotopic (exact) mass is 731 g/mol. The number of aryl methyl sites for hydroxylation is 1. The Bertz CT molecular complexity index is 1820. The van der Waals surface area contributed by atoms with Gasteiger partial charge >= 0.3 is 23.9 Å². The van der Waals surface area contributed by atoms with E-state index in [1.165, 1.54) is 7.11 Å². The van der Waals surface area contributed by atoms with E-state index in [1.54, 1.807) is 49.1 Å². The van der Waals surface area contributed by atoms with Crippen LogP contribution in [0.2, 0.25) is 5.02 Å². The van der Waals surface area contributed by atoms with Gasteiger partial charge in [-0.05, 0) is 57.2 Å². The highest BCUT2D eigenvalue weighted by atomic mass is 35.5. The van der Waals surface area contributed by atoms with Crippen molar-refractivity contribution in [2.75, 3.05) is 39.9 Å². The summed E-state index contributed by atoms with van der Waals surface area (Å²) in [7, 11) is 4.66. The maximum Gasteiger partial charge on any atom is 0.345 e. The van der Waals surface area contributed by atoms with Crippen molar-refractivity contribution in [3.63, 3.8) is 0 Å². The molecule has 0 atom stereocenters. The Morgan fingerprint density at radius 2 is 1.31 bits per heavy atom. The molecule has 0 bridgehead atoms. The van der Waals surface area contributed by atoms with Gasteiger partial charge < -0.3 is 23.7 Å². The molecule has 0 radical (unpaired) electrons. The van der Waals surface area contributed by atoms with Crippen molar-refractivity contribution in [1.82, 2.24) is 0 Å². The highest BCUT2D eigenvalue weighted by Crippen LogP contribution is 2.71. The van der Waals surface area contributed by atoms with E-state index < -0.39 is 39.4 Å². The third kappa shape index (κ3) is 5.88. The lowest BCUT2D eigenvalue weighted by atomic mass is 9.83. The predicted octanol–water partition coefficient (Wildman–Crippen LogP) is 5.64. The van der Waals surface area contributed by atoms with Crippen LogP contribution in [0.3, 0.4) is 0 Å². The van der Waals surface area contributed by atoms with Gasteiger partial charge in [0.1, 0.15) is 24.5 Å². The Hall–Kier alpha value is -3.85. The van der Waals surface area contributed by atoms with Gasteiger partial charge in [-0.2, -0.15) is 0 Å². The van der Waals surface area contributed by atoms with Crippen molar-refractivity contribution < 1.29 is 47.7 Å². The molecule has 2 aromatic carbocycles. The van der Waals surface area contributed by atoms with E-state index in [-0.39, 0.29) is 26.9 Å². The number of hydrogen-bond donors (Lipinski definition) is 0. The Balaban J connectivity index is 1.78. The second-order valence-corrected chi connectivity index (χ2v) is 15.2. The summed E-state index contributed by atoms with van der Waals surface area (Å²) in [6.07, 6.45) is 0. The smallest absolute Gasteiger partial charge is 0.345 e. The van der Waals surface area contributed by atoms with E-state index in [0.717, 1.165) is 62.2 Å². The van der Waals surface area contributed by atoms with Gasteiger partial charge in [-0.1, -0.05) is 58.5 Å². The summed E-state index contributed by atoms with van der Waals surface area (Å²) in [5, 5.41) is 0.515. The molecule has 0 saturated heterocycles. The number of rotatable bonds is 7. The van der Waals surface area contributed by atoms with E-state index in [2.05, 4.69) is 0 Å². The molecule has 3 aliphatic heterocycles. The molecule has 48 heavy (non-hydrogen) atoms. The van der Waals surface area contributed by atoms with Crippen molar-refractivity contribution in [3.05, 3.63) is 83.8 Å². The number of anilines is 1. The second-order valence-electron chi connectivity index (χ2n) is 11.0. The van der Waals surface area contributed by atoms with Crippen LogP contribution in [0.5, 0.6) is 5.75 Å². The second kappa shape index (κ2) is 13.6. The first-order valence-corrected chi connectivity index (χ1v) is 17.0. The van der Waals surface area contributed by atoms with Gasteiger partial charge in [-0.25, -0.2) is 19.2 Å². The molecule has 1 amide bonds. The fraction of sp³-hybridized carbons (Fsp3) is 0.303. The first-order valence-electron chi connectivity index (χ1n) is 14.2. The lowest BCUT2D eigenvalue weighted by molar-refractivity contribution is -0.138. The molecule has 1 spiro atoms. The molecule has 0 aliphatic carbocycles. The number of carbonyl (C=O) groups excluding carboxylic acids is 5. The van der Waals surface area contributed by atoms with Crippen LogP contribution in [0, 0.1) is 6.92 Å². The van der Waals surface area contributed by atoms with E-state index in [0.29, 0.717) is 32.5 Å². The third-order valence-corrected chi connectivity index (χ3v) is 12.6. The number of thioether (sulfide) groups is 3. The minimum atomic E-state index is -1.67. The van der Waals surface area contributed by atoms with E-state index in [4.69, 9.17) is 35.3 Å². The molecule has 2 aromatic rings. The Morgan fingerprint density at radius 3 is 1.85 bits per heavy atom. The number of esters is 4. The fourth-order valence-corrected chi connectivity index (χ4v) is 10.8. The topological polar surface area (TPSA) is 135 Å². The molecule has 0 aromatic heterocycles. The normalized spacial score (nSPS) is 17.5. The van der Waals surface area contributed by atoms with Crippen molar-refractivity contribution in [2.45, 2.75) is 30.4 Å². The summed E-state index contributed by atoms with van der Waals surface area (Å²) in [6.45, 7) is 5.12. The Kier molecular flexibility index (Phi) is 10.0. The zero-order valence-corrected chi connectivity index (χ0v) is 30.1. The fourth-order valence-electron chi connectivity index (χ4n) is 5.62. The maximum absolute atomic E-state index is 14.2. The van der Waals surface area contributed by atoms with Gasteiger partial charge in [0.25, 0.3) is 5.91 Å². The molecule has 0 fully saturated rings. The van der Waals surface area contributed by atoms with Crippen LogP contribution in [0.25, 0.3) is 5.57 Å². The quantitative estimate of drug-likeness (QED) is 0.257. The molecule has 3 aliphatic rings. The zero-order chi connectivity index (χ0) is 35.1. The molecule has 0 saturated carbocycles. The number of amides is 1. The average molecular weight is 732 g/mol. The molecular weight excluding hydrogens is 702 g/mol. The van der Waals surface area contributed by atoms with E-state index in [1.807, 2.05) is 19.1 Å². The number of hydrogen-bond acceptors (Lipinski definition) is 13. The largest absolute Gasteiger partial charge is 0.484 e. The Morgan fingerprint density at radius 1 is 0.771 bits per heavy atom. The minimum absolute atomic E-state index is 0.124. The van der Waals surface area contributed by atoms with Gasteiger partial charge in [-0.15, -0.1) is 0 Å². The molecular formula is C33H30ClNO10S3. The molecule has 5 rings (SSSR count). The minimum Gasteiger partial charge on any atom is -0.484 e. The van der Waals surface area contributed by atoms with Crippen molar-refractivity contribution in [2.24, 2.45) is 0 Å². The van der Waals surface area contributed by atoms with Crippen LogP contribution in [0.1, 0.15) is 25.0 Å². The predicted molar refractivity (Wildman–Crippen MR) is 184 cm³/mol. The van der Waals surface area contributed by atoms with Crippen molar-refractivity contribution in [3.8, 4) is 5.75 Å². The highest BCUT2D eigenvalue weighted by molar-refractivity contribution is 8.26. The van der Waals surface area contributed by atoms with E-state index >= 15 is 0 Å². The van der Waals surface area contributed by atoms with Crippen LogP contribution >= 0.6 is 46.9 Å². The molecule has 252 valence electrons. The van der Waals surface area contributed by atoms with Crippen LogP contribution in [0.4, 0.5) is 5.69 Å². The number of nitrogens with zero attached hydrogens (tertiary/aromatic N) is 1. The highest BCUT2D eigenvalue weighted by Gasteiger charge is 2.61. The van der Waals surface area contributed by atoms with Crippen LogP contribution < -0.4 is 9.64 Å². The SMILES string of the molecule is COC(=O)C1=C(C(=O)OC)SC2(S1)C(C(=O)OC)=C(C(=O)OC)SC1=C2c2cc(C)ccc2N(C(=O)COc2ccc(Cl)cc2)C1(C)C. The van der Waals surface area contributed by atoms with Crippen LogP contribution in [-0.4, -0.2) is 74.4 Å². The summed E-state index contributed by atoms with van der Waals surface area (Å²) in [4.78, 5) is 69.5. The van der Waals surface area contributed by atoms with Gasteiger partial charge in [0.2, 0.25) is 0 Å². The molecule has 15 heteroatoms.